The lowest BCUT2D eigenvalue weighted by molar-refractivity contribution is 0.236. The minimum atomic E-state index is 0.529. The predicted molar refractivity (Wildman–Crippen MR) is 105 cm³/mol. The molecule has 0 bridgehead atoms. The maximum atomic E-state index is 5.90. The molecule has 4 rings (SSSR count). The molecular formula is C20H29N3S. The minimum Gasteiger partial charge on any atom is -0.360 e. The summed E-state index contributed by atoms with van der Waals surface area (Å²) >= 11 is 5.90. The molecule has 1 saturated carbocycles. The quantitative estimate of drug-likeness (QED) is 0.781. The van der Waals surface area contributed by atoms with Crippen LogP contribution in [0.3, 0.4) is 0 Å². The molecule has 1 saturated heterocycles. The fraction of sp³-hybridized carbons (Fsp3) is 0.650. The molecular weight excluding hydrogens is 314 g/mol. The lowest BCUT2D eigenvalue weighted by atomic mass is 9.89. The van der Waals surface area contributed by atoms with Crippen molar-refractivity contribution in [3.8, 4) is 0 Å². The zero-order chi connectivity index (χ0) is 16.7. The molecule has 2 fully saturated rings. The topological polar surface area (TPSA) is 18.5 Å². The molecule has 130 valence electrons. The van der Waals surface area contributed by atoms with Crippen LogP contribution in [-0.4, -0.2) is 42.2 Å². The number of rotatable bonds is 1. The van der Waals surface area contributed by atoms with E-state index < -0.39 is 0 Å². The molecule has 3 nitrogen and oxygen atoms in total. The van der Waals surface area contributed by atoms with Gasteiger partial charge in [-0.2, -0.15) is 0 Å². The minimum absolute atomic E-state index is 0.529. The number of fused-ring (bicyclic) bond motifs is 3. The first kappa shape index (κ1) is 16.3. The van der Waals surface area contributed by atoms with Gasteiger partial charge >= 0.3 is 0 Å². The first-order valence-corrected chi connectivity index (χ1v) is 9.93. The number of thiocarbonyl (C=S) groups is 1. The molecule has 0 spiro atoms. The Bertz CT molecular complexity index is 623. The Labute approximate surface area is 151 Å². The molecule has 1 aromatic rings. The molecule has 2 aliphatic heterocycles. The van der Waals surface area contributed by atoms with Crippen LogP contribution < -0.4 is 10.2 Å². The van der Waals surface area contributed by atoms with E-state index in [1.165, 1.54) is 55.3 Å². The van der Waals surface area contributed by atoms with Crippen LogP contribution in [0.25, 0.3) is 0 Å². The van der Waals surface area contributed by atoms with Crippen molar-refractivity contribution < 1.29 is 0 Å². The zero-order valence-corrected chi connectivity index (χ0v) is 15.7. The van der Waals surface area contributed by atoms with Gasteiger partial charge in [-0.3, -0.25) is 0 Å². The Hall–Kier alpha value is -1.13. The van der Waals surface area contributed by atoms with Crippen LogP contribution in [0.15, 0.2) is 18.2 Å². The van der Waals surface area contributed by atoms with E-state index in [0.29, 0.717) is 18.0 Å². The molecule has 0 unspecified atom stereocenters. The number of anilines is 1. The lowest BCUT2D eigenvalue weighted by Crippen LogP contribution is -2.52. The largest absolute Gasteiger partial charge is 0.360 e. The number of piperidine rings is 1. The SMILES string of the molecule is Cc1ccc2c(c1)[C@H]1CN(C)CC[C@H]1N2C(=S)NC1CCCCC1. The standard InChI is InChI=1S/C20H29N3S/c1-14-8-9-18-16(12-14)17-13-22(2)11-10-19(17)23(18)20(24)21-15-6-4-3-5-7-15/h8-9,12,15,17,19H,3-7,10-11,13H2,1-2H3,(H,21,24)/t17-,19-/m1/s1. The Morgan fingerprint density at radius 1 is 1.17 bits per heavy atom. The summed E-state index contributed by atoms with van der Waals surface area (Å²) < 4.78 is 0. The van der Waals surface area contributed by atoms with E-state index in [0.717, 1.165) is 18.2 Å². The third kappa shape index (κ3) is 2.95. The highest BCUT2D eigenvalue weighted by Gasteiger charge is 2.43. The molecule has 0 aromatic heterocycles. The molecule has 1 N–H and O–H groups in total. The molecule has 2 atom stereocenters. The number of hydrogen-bond donors (Lipinski definition) is 1. The van der Waals surface area contributed by atoms with Crippen LogP contribution in [0.1, 0.15) is 55.6 Å². The summed E-state index contributed by atoms with van der Waals surface area (Å²) in [4.78, 5) is 4.92. The monoisotopic (exact) mass is 343 g/mol. The van der Waals surface area contributed by atoms with Gasteiger partial charge < -0.3 is 15.1 Å². The van der Waals surface area contributed by atoms with Crippen molar-refractivity contribution in [2.75, 3.05) is 25.0 Å². The zero-order valence-electron chi connectivity index (χ0n) is 14.9. The van der Waals surface area contributed by atoms with Gasteiger partial charge in [0.1, 0.15) is 0 Å². The van der Waals surface area contributed by atoms with E-state index >= 15 is 0 Å². The summed E-state index contributed by atoms with van der Waals surface area (Å²) in [6.07, 6.45) is 7.80. The summed E-state index contributed by atoms with van der Waals surface area (Å²) in [7, 11) is 2.24. The highest BCUT2D eigenvalue weighted by atomic mass is 32.1. The summed E-state index contributed by atoms with van der Waals surface area (Å²) in [6.45, 7) is 4.50. The van der Waals surface area contributed by atoms with Gasteiger partial charge in [0, 0.05) is 30.2 Å². The van der Waals surface area contributed by atoms with Gasteiger partial charge in [-0.25, -0.2) is 0 Å². The second-order valence-electron chi connectivity index (χ2n) is 7.94. The molecule has 1 aromatic carbocycles. The Kier molecular flexibility index (Phi) is 4.52. The third-order valence-electron chi connectivity index (χ3n) is 6.10. The van der Waals surface area contributed by atoms with E-state index in [1.54, 1.807) is 0 Å². The number of benzene rings is 1. The highest BCUT2D eigenvalue weighted by molar-refractivity contribution is 7.80. The molecule has 2 heterocycles. The van der Waals surface area contributed by atoms with Crippen LogP contribution in [0.5, 0.6) is 0 Å². The van der Waals surface area contributed by atoms with Crippen molar-refractivity contribution >= 4 is 23.0 Å². The van der Waals surface area contributed by atoms with Gasteiger partial charge in [0.25, 0.3) is 0 Å². The summed E-state index contributed by atoms with van der Waals surface area (Å²) in [5.41, 5.74) is 4.20. The number of likely N-dealkylation sites (tertiary alicyclic amines) is 1. The maximum absolute atomic E-state index is 5.90. The molecule has 4 heteroatoms. The van der Waals surface area contributed by atoms with Crippen molar-refractivity contribution in [1.29, 1.82) is 0 Å². The van der Waals surface area contributed by atoms with Gasteiger partial charge in [-0.15, -0.1) is 0 Å². The van der Waals surface area contributed by atoms with Crippen molar-refractivity contribution in [3.63, 3.8) is 0 Å². The lowest BCUT2D eigenvalue weighted by Gasteiger charge is -2.38. The maximum Gasteiger partial charge on any atom is 0.173 e. The Morgan fingerprint density at radius 2 is 1.96 bits per heavy atom. The first-order chi connectivity index (χ1) is 11.6. The first-order valence-electron chi connectivity index (χ1n) is 9.52. The molecule has 24 heavy (non-hydrogen) atoms. The van der Waals surface area contributed by atoms with Gasteiger partial charge in [0.2, 0.25) is 0 Å². The fourth-order valence-electron chi connectivity index (χ4n) is 4.84. The van der Waals surface area contributed by atoms with E-state index in [2.05, 4.69) is 47.3 Å². The summed E-state index contributed by atoms with van der Waals surface area (Å²) in [6, 6.07) is 8.01. The van der Waals surface area contributed by atoms with Crippen molar-refractivity contribution in [2.45, 2.75) is 63.5 Å². The second-order valence-corrected chi connectivity index (χ2v) is 8.33. The molecule has 0 radical (unpaired) electrons. The van der Waals surface area contributed by atoms with Crippen LogP contribution >= 0.6 is 12.2 Å². The van der Waals surface area contributed by atoms with Crippen LogP contribution in [0, 0.1) is 6.92 Å². The number of aryl methyl sites for hydroxylation is 1. The third-order valence-corrected chi connectivity index (χ3v) is 6.42. The molecule has 1 aliphatic carbocycles. The fourth-order valence-corrected chi connectivity index (χ4v) is 5.24. The van der Waals surface area contributed by atoms with Crippen molar-refractivity contribution in [3.05, 3.63) is 29.3 Å². The summed E-state index contributed by atoms with van der Waals surface area (Å²) in [5.74, 6) is 0.588. The Balaban J connectivity index is 1.60. The van der Waals surface area contributed by atoms with E-state index in [-0.39, 0.29) is 0 Å². The highest BCUT2D eigenvalue weighted by Crippen LogP contribution is 2.45. The average molecular weight is 344 g/mol. The van der Waals surface area contributed by atoms with Gasteiger partial charge in [-0.05, 0) is 63.6 Å². The summed E-state index contributed by atoms with van der Waals surface area (Å²) in [5, 5.41) is 4.67. The number of likely N-dealkylation sites (N-methyl/N-ethyl adjacent to an activating group) is 1. The van der Waals surface area contributed by atoms with Gasteiger partial charge in [-0.1, -0.05) is 37.0 Å². The molecule has 0 amide bonds. The van der Waals surface area contributed by atoms with Gasteiger partial charge in [0.15, 0.2) is 5.11 Å². The van der Waals surface area contributed by atoms with Gasteiger partial charge in [0.05, 0.1) is 0 Å². The van der Waals surface area contributed by atoms with E-state index in [9.17, 15) is 0 Å². The molecule has 3 aliphatic rings. The van der Waals surface area contributed by atoms with Crippen LogP contribution in [-0.2, 0) is 0 Å². The second kappa shape index (κ2) is 6.64. The van der Waals surface area contributed by atoms with Crippen molar-refractivity contribution in [2.24, 2.45) is 0 Å². The predicted octanol–water partition coefficient (Wildman–Crippen LogP) is 3.81. The average Bonchev–Trinajstić information content (AvgIpc) is 2.89. The van der Waals surface area contributed by atoms with E-state index in [1.807, 2.05) is 0 Å². The number of nitrogens with zero attached hydrogens (tertiary/aromatic N) is 2. The number of hydrogen-bond acceptors (Lipinski definition) is 2. The smallest absolute Gasteiger partial charge is 0.173 e. The number of nitrogens with one attached hydrogen (secondary N) is 1. The normalized spacial score (nSPS) is 27.7. The van der Waals surface area contributed by atoms with E-state index in [4.69, 9.17) is 12.2 Å². The van der Waals surface area contributed by atoms with Crippen LogP contribution in [0.2, 0.25) is 0 Å². The Morgan fingerprint density at radius 3 is 2.75 bits per heavy atom. The van der Waals surface area contributed by atoms with Crippen molar-refractivity contribution in [1.82, 2.24) is 10.2 Å². The van der Waals surface area contributed by atoms with Crippen LogP contribution in [0.4, 0.5) is 5.69 Å².